The first-order chi connectivity index (χ1) is 14.8. The molecular formula is C28H14IrNO-. The molecule has 0 saturated carbocycles. The van der Waals surface area contributed by atoms with Crippen molar-refractivity contribution < 1.29 is 24.9 Å². The maximum atomic E-state index is 12.7. The summed E-state index contributed by atoms with van der Waals surface area (Å²) < 4.78 is 0. The third-order valence-corrected chi connectivity index (χ3v) is 6.27. The summed E-state index contributed by atoms with van der Waals surface area (Å²) in [6, 6.07) is 32.0. The van der Waals surface area contributed by atoms with Crippen molar-refractivity contribution >= 4 is 16.7 Å². The van der Waals surface area contributed by atoms with Crippen LogP contribution in [0.1, 0.15) is 15.9 Å². The van der Waals surface area contributed by atoms with Crippen molar-refractivity contribution in [2.45, 2.75) is 0 Å². The fourth-order valence-electron chi connectivity index (χ4n) is 4.93. The van der Waals surface area contributed by atoms with Gasteiger partial charge in [-0.1, -0.05) is 77.9 Å². The number of hydrogen-bond donors (Lipinski definition) is 0. The van der Waals surface area contributed by atoms with E-state index in [1.807, 2.05) is 30.3 Å². The molecule has 0 N–H and O–H groups in total. The van der Waals surface area contributed by atoms with Crippen LogP contribution in [0.2, 0.25) is 0 Å². The average Bonchev–Trinajstić information content (AvgIpc) is 3.28. The van der Waals surface area contributed by atoms with Gasteiger partial charge in [0.25, 0.3) is 0 Å². The van der Waals surface area contributed by atoms with Crippen LogP contribution in [0.25, 0.3) is 55.5 Å². The van der Waals surface area contributed by atoms with Gasteiger partial charge in [-0.2, -0.15) is 0 Å². The summed E-state index contributed by atoms with van der Waals surface area (Å²) in [6.07, 6.45) is 0. The molecule has 0 atom stereocenters. The molecule has 2 aliphatic carbocycles. The summed E-state index contributed by atoms with van der Waals surface area (Å²) in [5.41, 5.74) is 11.2. The molecule has 0 saturated heterocycles. The van der Waals surface area contributed by atoms with Gasteiger partial charge in [-0.3, -0.25) is 9.78 Å². The SMILES string of the molecule is O=C1c2ccccc2-c2cc(-c3cc4c5c(cccc5n3)-c3ccccc3-4)[c-]cc21.[Ir]. The van der Waals surface area contributed by atoms with E-state index in [-0.39, 0.29) is 25.9 Å². The van der Waals surface area contributed by atoms with Gasteiger partial charge in [-0.05, 0) is 39.6 Å². The number of carbonyl (C=O) groups excluding carboxylic acids is 1. The van der Waals surface area contributed by atoms with E-state index in [4.69, 9.17) is 4.98 Å². The van der Waals surface area contributed by atoms with Gasteiger partial charge in [0.15, 0.2) is 5.78 Å². The van der Waals surface area contributed by atoms with Crippen molar-refractivity contribution in [1.82, 2.24) is 4.98 Å². The van der Waals surface area contributed by atoms with Crippen molar-refractivity contribution in [2.24, 2.45) is 0 Å². The predicted molar refractivity (Wildman–Crippen MR) is 119 cm³/mol. The van der Waals surface area contributed by atoms with Crippen LogP contribution in [0.15, 0.2) is 84.9 Å². The van der Waals surface area contributed by atoms with Crippen molar-refractivity contribution in [3.63, 3.8) is 0 Å². The molecule has 1 heterocycles. The van der Waals surface area contributed by atoms with Crippen molar-refractivity contribution in [2.75, 3.05) is 0 Å². The van der Waals surface area contributed by atoms with Gasteiger partial charge in [0.1, 0.15) is 0 Å². The van der Waals surface area contributed by atoms with Gasteiger partial charge in [-0.25, -0.2) is 0 Å². The summed E-state index contributed by atoms with van der Waals surface area (Å²) in [4.78, 5) is 17.7. The fraction of sp³-hybridized carbons (Fsp3) is 0. The molecule has 2 nitrogen and oxygen atoms in total. The number of carbonyl (C=O) groups is 1. The molecule has 1 radical (unpaired) electrons. The molecular weight excluding hydrogens is 559 g/mol. The van der Waals surface area contributed by atoms with Crippen LogP contribution in [0.5, 0.6) is 0 Å². The Morgan fingerprint density at radius 3 is 2.03 bits per heavy atom. The molecule has 1 aromatic heterocycles. The molecule has 147 valence electrons. The second-order valence-electron chi connectivity index (χ2n) is 7.85. The van der Waals surface area contributed by atoms with Gasteiger partial charge in [0.2, 0.25) is 0 Å². The molecule has 31 heavy (non-hydrogen) atoms. The maximum Gasteiger partial charge on any atom is 0.153 e. The Bertz CT molecular complexity index is 1570. The topological polar surface area (TPSA) is 30.0 Å². The smallest absolute Gasteiger partial charge is 0.153 e. The van der Waals surface area contributed by atoms with Crippen LogP contribution in [0.3, 0.4) is 0 Å². The summed E-state index contributed by atoms with van der Waals surface area (Å²) in [5, 5.41) is 1.21. The third-order valence-electron chi connectivity index (χ3n) is 6.27. The standard InChI is InChI=1S/C28H14NO.Ir/c30-28-21-9-4-3-8-19(21)23-14-16(12-13-22(23)28)26-15-24-18-7-2-1-6-17(18)20-10-5-11-25(29-26)27(20)24;/h1-11,13-15H;/q-1;. The van der Waals surface area contributed by atoms with E-state index < -0.39 is 0 Å². The third kappa shape index (κ3) is 2.42. The molecule has 0 aliphatic heterocycles. The molecule has 2 aliphatic rings. The van der Waals surface area contributed by atoms with E-state index in [9.17, 15) is 4.79 Å². The number of hydrogen-bond acceptors (Lipinski definition) is 2. The van der Waals surface area contributed by atoms with E-state index in [1.54, 1.807) is 0 Å². The van der Waals surface area contributed by atoms with Gasteiger partial charge in [-0.15, -0.1) is 23.8 Å². The monoisotopic (exact) mass is 573 g/mol. The molecule has 5 aromatic rings. The Hall–Kier alpha value is -3.39. The Morgan fingerprint density at radius 2 is 1.26 bits per heavy atom. The number of fused-ring (bicyclic) bond motifs is 6. The second-order valence-corrected chi connectivity index (χ2v) is 7.85. The zero-order chi connectivity index (χ0) is 19.8. The number of rotatable bonds is 1. The zero-order valence-electron chi connectivity index (χ0n) is 16.3. The van der Waals surface area contributed by atoms with E-state index in [2.05, 4.69) is 60.7 Å². The van der Waals surface area contributed by atoms with Crippen LogP contribution in [0.4, 0.5) is 0 Å². The van der Waals surface area contributed by atoms with Crippen LogP contribution in [-0.2, 0) is 20.1 Å². The Balaban J connectivity index is 0.00000185. The Labute approximate surface area is 192 Å². The first-order valence-electron chi connectivity index (χ1n) is 10.0. The van der Waals surface area contributed by atoms with Crippen LogP contribution >= 0.6 is 0 Å². The molecule has 4 aromatic carbocycles. The van der Waals surface area contributed by atoms with Gasteiger partial charge in [0, 0.05) is 31.1 Å². The molecule has 0 spiro atoms. The van der Waals surface area contributed by atoms with Crippen LogP contribution in [0, 0.1) is 6.07 Å². The normalized spacial score (nSPS) is 12.3. The molecule has 7 rings (SSSR count). The van der Waals surface area contributed by atoms with E-state index in [0.29, 0.717) is 0 Å². The fourth-order valence-corrected chi connectivity index (χ4v) is 4.93. The second kappa shape index (κ2) is 6.55. The van der Waals surface area contributed by atoms with Crippen LogP contribution < -0.4 is 0 Å². The van der Waals surface area contributed by atoms with Crippen LogP contribution in [-0.4, -0.2) is 10.8 Å². The molecule has 0 unspecified atom stereocenters. The Kier molecular flexibility index (Phi) is 3.89. The average molecular weight is 573 g/mol. The number of nitrogens with zero attached hydrogens (tertiary/aromatic N) is 1. The summed E-state index contributed by atoms with van der Waals surface area (Å²) >= 11 is 0. The minimum Gasteiger partial charge on any atom is -0.300 e. The van der Waals surface area contributed by atoms with Gasteiger partial charge >= 0.3 is 0 Å². The minimum atomic E-state index is 0. The maximum absolute atomic E-state index is 12.7. The number of pyridine rings is 1. The predicted octanol–water partition coefficient (Wildman–Crippen LogP) is 6.56. The first-order valence-corrected chi connectivity index (χ1v) is 10.0. The number of aromatic nitrogens is 1. The quantitative estimate of drug-likeness (QED) is 0.209. The summed E-state index contributed by atoms with van der Waals surface area (Å²) in [5.74, 6) is 0.0760. The largest absolute Gasteiger partial charge is 0.300 e. The van der Waals surface area contributed by atoms with Crippen molar-refractivity contribution in [3.05, 3.63) is 102 Å². The Morgan fingerprint density at radius 1 is 0.613 bits per heavy atom. The molecule has 0 bridgehead atoms. The van der Waals surface area contributed by atoms with E-state index in [1.165, 1.54) is 27.6 Å². The van der Waals surface area contributed by atoms with Crippen molar-refractivity contribution in [1.29, 1.82) is 0 Å². The van der Waals surface area contributed by atoms with Gasteiger partial charge in [0.05, 0.1) is 5.52 Å². The molecule has 0 amide bonds. The molecule has 0 fully saturated rings. The minimum absolute atomic E-state index is 0. The number of ketones is 1. The van der Waals surface area contributed by atoms with Crippen molar-refractivity contribution in [3.8, 4) is 44.6 Å². The van der Waals surface area contributed by atoms with Gasteiger partial charge < -0.3 is 0 Å². The zero-order valence-corrected chi connectivity index (χ0v) is 18.7. The summed E-state index contributed by atoms with van der Waals surface area (Å²) in [6.45, 7) is 0. The molecule has 3 heteroatoms. The van der Waals surface area contributed by atoms with E-state index >= 15 is 0 Å². The number of benzene rings is 4. The first kappa shape index (κ1) is 18.4. The van der Waals surface area contributed by atoms with E-state index in [0.717, 1.165) is 39.0 Å². The summed E-state index contributed by atoms with van der Waals surface area (Å²) in [7, 11) is 0.